The van der Waals surface area contributed by atoms with E-state index in [-0.39, 0.29) is 30.7 Å². The number of phenols is 1. The summed E-state index contributed by atoms with van der Waals surface area (Å²) in [5, 5.41) is 18.6. The molecule has 5 rings (SSSR count). The van der Waals surface area contributed by atoms with Crippen LogP contribution in [0, 0.1) is 0 Å². The lowest BCUT2D eigenvalue weighted by Crippen LogP contribution is -2.87. The van der Waals surface area contributed by atoms with E-state index < -0.39 is 12.2 Å². The summed E-state index contributed by atoms with van der Waals surface area (Å²) in [7, 11) is 0. The lowest BCUT2D eigenvalue weighted by Gasteiger charge is -2.46. The summed E-state index contributed by atoms with van der Waals surface area (Å²) in [6.07, 6.45) is 5.12. The number of carbonyl (C=O) groups is 2. The molecule has 48 heavy (non-hydrogen) atoms. The molecule has 9 heteroatoms. The summed E-state index contributed by atoms with van der Waals surface area (Å²) in [6.45, 7) is 16.4. The molecule has 0 aliphatic carbocycles. The molecular weight excluding hydrogens is 600 g/mol. The van der Waals surface area contributed by atoms with Gasteiger partial charge in [0.15, 0.2) is 6.54 Å². The number of amides is 2. The number of hydrogen-bond acceptors (Lipinski definition) is 6. The van der Waals surface area contributed by atoms with Gasteiger partial charge < -0.3 is 35.8 Å². The maximum absolute atomic E-state index is 14.4. The molecule has 252 valence electrons. The number of piperazine rings is 1. The predicted molar refractivity (Wildman–Crippen MR) is 190 cm³/mol. The van der Waals surface area contributed by atoms with Crippen molar-refractivity contribution < 1.29 is 20.0 Å². The van der Waals surface area contributed by atoms with Crippen LogP contribution >= 0.6 is 0 Å². The van der Waals surface area contributed by atoms with Gasteiger partial charge in [-0.15, -0.1) is 0 Å². The van der Waals surface area contributed by atoms with Gasteiger partial charge in [0.2, 0.25) is 5.91 Å². The highest BCUT2D eigenvalue weighted by Gasteiger charge is 2.43. The molecule has 0 radical (unpaired) electrons. The van der Waals surface area contributed by atoms with Gasteiger partial charge in [0.05, 0.1) is 18.9 Å². The lowest BCUT2D eigenvalue weighted by molar-refractivity contribution is -0.635. The van der Waals surface area contributed by atoms with Crippen LogP contribution in [-0.4, -0.2) is 76.6 Å². The van der Waals surface area contributed by atoms with E-state index in [0.717, 1.165) is 41.0 Å². The van der Waals surface area contributed by atoms with E-state index in [0.29, 0.717) is 31.9 Å². The quantitative estimate of drug-likeness (QED) is 0.148. The van der Waals surface area contributed by atoms with Gasteiger partial charge in [-0.25, -0.2) is 0 Å². The summed E-state index contributed by atoms with van der Waals surface area (Å²) < 4.78 is 0. The molecule has 2 heterocycles. The Bertz CT molecular complexity index is 1570. The van der Waals surface area contributed by atoms with Crippen LogP contribution in [0.3, 0.4) is 0 Å². The predicted octanol–water partition coefficient (Wildman–Crippen LogP) is 3.56. The maximum Gasteiger partial charge on any atom is 0.280 e. The molecule has 2 saturated heterocycles. The van der Waals surface area contributed by atoms with Crippen molar-refractivity contribution in [3.63, 3.8) is 0 Å². The summed E-state index contributed by atoms with van der Waals surface area (Å²) in [6, 6.07) is 24.4. The van der Waals surface area contributed by atoms with Crippen molar-refractivity contribution in [3.05, 3.63) is 133 Å². The van der Waals surface area contributed by atoms with Crippen LogP contribution in [0.5, 0.6) is 5.75 Å². The molecule has 2 fully saturated rings. The number of nitrogens with two attached hydrogens (primary N) is 1. The number of quaternary nitrogens is 1. The van der Waals surface area contributed by atoms with Gasteiger partial charge in [0.1, 0.15) is 18.0 Å². The van der Waals surface area contributed by atoms with E-state index in [1.165, 1.54) is 19.3 Å². The smallest absolute Gasteiger partial charge is 0.280 e. The Hall–Kier alpha value is -5.02. The number of phenolic OH excluding ortho intramolecular Hbond substituents is 1. The average Bonchev–Trinajstić information content (AvgIpc) is 3.11. The molecule has 0 aromatic heterocycles. The normalized spacial score (nSPS) is 17.9. The number of piperidine rings is 1. The van der Waals surface area contributed by atoms with Gasteiger partial charge in [-0.2, -0.15) is 0 Å². The van der Waals surface area contributed by atoms with Crippen LogP contribution in [-0.2, 0) is 29.1 Å². The second-order valence-electron chi connectivity index (χ2n) is 12.6. The molecule has 2 aliphatic rings. The summed E-state index contributed by atoms with van der Waals surface area (Å²) in [4.78, 5) is 34.2. The monoisotopic (exact) mass is 649 g/mol. The molecule has 9 nitrogen and oxygen atoms in total. The molecule has 2 unspecified atom stereocenters. The van der Waals surface area contributed by atoms with Crippen molar-refractivity contribution >= 4 is 17.5 Å². The molecule has 5 N–H and O–H groups in total. The topological polar surface area (TPSA) is 105 Å². The Kier molecular flexibility index (Phi) is 11.9. The SMILES string of the molecule is C=CC[NH2+]CC(=O)N1C(NC(=C)NCc2ccccc2)CN(Cc2cccc(C(=C)N3CCCCC3)c2)C(=O)C1Cc1ccc(O)cc1. The minimum Gasteiger partial charge on any atom is -0.508 e. The van der Waals surface area contributed by atoms with Crippen LogP contribution in [0.1, 0.15) is 41.5 Å². The summed E-state index contributed by atoms with van der Waals surface area (Å²) in [5.74, 6) is 0.436. The van der Waals surface area contributed by atoms with Crippen LogP contribution in [0.15, 0.2) is 110 Å². The molecule has 2 amide bonds. The first-order valence-corrected chi connectivity index (χ1v) is 16.9. The molecule has 2 aliphatic heterocycles. The number of hydrogen-bond donors (Lipinski definition) is 4. The van der Waals surface area contributed by atoms with Gasteiger partial charge in [0, 0.05) is 38.3 Å². The van der Waals surface area contributed by atoms with E-state index in [2.05, 4.69) is 47.4 Å². The van der Waals surface area contributed by atoms with Crippen molar-refractivity contribution in [3.8, 4) is 5.75 Å². The number of carbonyl (C=O) groups excluding carboxylic acids is 2. The van der Waals surface area contributed by atoms with Gasteiger partial charge in [0.25, 0.3) is 5.91 Å². The van der Waals surface area contributed by atoms with E-state index in [9.17, 15) is 14.7 Å². The van der Waals surface area contributed by atoms with Crippen molar-refractivity contribution in [1.29, 1.82) is 0 Å². The minimum atomic E-state index is -0.765. The van der Waals surface area contributed by atoms with E-state index in [1.807, 2.05) is 52.7 Å². The Morgan fingerprint density at radius 2 is 1.67 bits per heavy atom. The number of nitrogens with zero attached hydrogens (tertiary/aromatic N) is 3. The number of likely N-dealkylation sites (tertiary alicyclic amines) is 1. The highest BCUT2D eigenvalue weighted by Crippen LogP contribution is 2.26. The molecule has 0 spiro atoms. The number of nitrogens with one attached hydrogen (secondary N) is 2. The van der Waals surface area contributed by atoms with Crippen molar-refractivity contribution in [2.24, 2.45) is 0 Å². The van der Waals surface area contributed by atoms with Crippen molar-refractivity contribution in [2.45, 2.75) is 51.0 Å². The molecular formula is C39H49N6O3+. The molecule has 0 bridgehead atoms. The Labute approximate surface area is 284 Å². The minimum absolute atomic E-state index is 0.124. The average molecular weight is 650 g/mol. The van der Waals surface area contributed by atoms with Gasteiger partial charge in [-0.1, -0.05) is 80.4 Å². The van der Waals surface area contributed by atoms with E-state index >= 15 is 0 Å². The lowest BCUT2D eigenvalue weighted by atomic mass is 9.98. The first kappa shape index (κ1) is 34.3. The van der Waals surface area contributed by atoms with Gasteiger partial charge in [-0.05, 0) is 65.8 Å². The van der Waals surface area contributed by atoms with Crippen molar-refractivity contribution in [2.75, 3.05) is 32.7 Å². The number of benzene rings is 3. The second kappa shape index (κ2) is 16.7. The van der Waals surface area contributed by atoms with Gasteiger partial charge >= 0.3 is 0 Å². The van der Waals surface area contributed by atoms with Crippen LogP contribution in [0.2, 0.25) is 0 Å². The van der Waals surface area contributed by atoms with Crippen molar-refractivity contribution in [1.82, 2.24) is 25.3 Å². The second-order valence-corrected chi connectivity index (χ2v) is 12.6. The van der Waals surface area contributed by atoms with Crippen LogP contribution < -0.4 is 16.0 Å². The number of rotatable bonds is 15. The first-order valence-electron chi connectivity index (χ1n) is 16.9. The highest BCUT2D eigenvalue weighted by atomic mass is 16.3. The Morgan fingerprint density at radius 3 is 2.40 bits per heavy atom. The molecule has 3 aromatic carbocycles. The van der Waals surface area contributed by atoms with Crippen LogP contribution in [0.25, 0.3) is 5.70 Å². The highest BCUT2D eigenvalue weighted by molar-refractivity contribution is 5.90. The van der Waals surface area contributed by atoms with Crippen LogP contribution in [0.4, 0.5) is 0 Å². The third kappa shape index (κ3) is 9.07. The Morgan fingerprint density at radius 1 is 0.938 bits per heavy atom. The first-order chi connectivity index (χ1) is 23.3. The third-order valence-electron chi connectivity index (χ3n) is 9.03. The summed E-state index contributed by atoms with van der Waals surface area (Å²) >= 11 is 0. The zero-order chi connectivity index (χ0) is 33.9. The fourth-order valence-electron chi connectivity index (χ4n) is 6.48. The zero-order valence-corrected chi connectivity index (χ0v) is 27.8. The van der Waals surface area contributed by atoms with E-state index in [1.54, 1.807) is 35.2 Å². The number of aromatic hydroxyl groups is 1. The zero-order valence-electron chi connectivity index (χ0n) is 27.8. The fraction of sp³-hybridized carbons (Fsp3) is 0.333. The largest absolute Gasteiger partial charge is 0.508 e. The molecule has 3 aromatic rings. The van der Waals surface area contributed by atoms with Gasteiger partial charge in [-0.3, -0.25) is 9.59 Å². The third-order valence-corrected chi connectivity index (χ3v) is 9.03. The molecule has 2 atom stereocenters. The van der Waals surface area contributed by atoms with E-state index in [4.69, 9.17) is 0 Å². The standard InChI is InChI=1S/C39H48N6O3/c1-4-20-40-26-38(47)45-36(24-31-16-18-35(46)19-17-31)39(48)44(28-37(45)42-30(3)41-25-32-12-7-5-8-13-32)27-33-14-11-15-34(23-33)29(2)43-21-9-6-10-22-43/h4-5,7-8,11-19,23,36-37,40-42,46H,1-3,6,9-10,20-22,24-28H2/p+1. The fourth-order valence-corrected chi connectivity index (χ4v) is 6.48. The summed E-state index contributed by atoms with van der Waals surface area (Å²) in [5.41, 5.74) is 5.02. The molecule has 0 saturated carbocycles. The maximum atomic E-state index is 14.4. The Balaban J connectivity index is 1.42.